The van der Waals surface area contributed by atoms with E-state index >= 15 is 0 Å². The molecular weight excluding hydrogens is 288 g/mol. The summed E-state index contributed by atoms with van der Waals surface area (Å²) in [5.41, 5.74) is 2.45. The van der Waals surface area contributed by atoms with Crippen LogP contribution in [0.5, 0.6) is 5.75 Å². The lowest BCUT2D eigenvalue weighted by atomic mass is 9.84. The maximum absolute atomic E-state index is 12.6. The predicted octanol–water partition coefficient (Wildman–Crippen LogP) is 3.05. The molecule has 1 aromatic rings. The van der Waals surface area contributed by atoms with Gasteiger partial charge in [-0.3, -0.25) is 9.69 Å². The first kappa shape index (κ1) is 16.3. The van der Waals surface area contributed by atoms with Crippen LogP contribution in [0.4, 0.5) is 0 Å². The Hall–Kier alpha value is -1.55. The van der Waals surface area contributed by atoms with Crippen molar-refractivity contribution in [2.24, 2.45) is 5.92 Å². The summed E-state index contributed by atoms with van der Waals surface area (Å²) in [7, 11) is 0. The van der Waals surface area contributed by atoms with Crippen LogP contribution in [-0.2, 0) is 17.9 Å². The van der Waals surface area contributed by atoms with Gasteiger partial charge in [0.15, 0.2) is 0 Å². The van der Waals surface area contributed by atoms with Crippen LogP contribution in [0.15, 0.2) is 18.2 Å². The quantitative estimate of drug-likeness (QED) is 0.837. The lowest BCUT2D eigenvalue weighted by molar-refractivity contribution is -0.138. The number of carbonyl (C=O) groups is 1. The van der Waals surface area contributed by atoms with Gasteiger partial charge >= 0.3 is 0 Å². The molecule has 0 radical (unpaired) electrons. The van der Waals surface area contributed by atoms with Gasteiger partial charge in [-0.15, -0.1) is 0 Å². The van der Waals surface area contributed by atoms with Gasteiger partial charge in [0.2, 0.25) is 5.91 Å². The molecule has 0 atom stereocenters. The summed E-state index contributed by atoms with van der Waals surface area (Å²) in [5, 5.41) is 0. The number of ether oxygens (including phenoxy) is 1. The average molecular weight is 316 g/mol. The van der Waals surface area contributed by atoms with Gasteiger partial charge in [-0.25, -0.2) is 0 Å². The van der Waals surface area contributed by atoms with Crippen molar-refractivity contribution in [2.45, 2.75) is 46.2 Å². The molecule has 0 spiro atoms. The minimum atomic E-state index is 0.260. The third kappa shape index (κ3) is 3.69. The molecule has 1 fully saturated rings. The Morgan fingerprint density at radius 1 is 1.30 bits per heavy atom. The van der Waals surface area contributed by atoms with E-state index in [9.17, 15) is 4.79 Å². The van der Waals surface area contributed by atoms with Crippen molar-refractivity contribution in [3.8, 4) is 5.75 Å². The third-order valence-electron chi connectivity index (χ3n) is 5.17. The highest BCUT2D eigenvalue weighted by molar-refractivity contribution is 5.79. The number of carbonyl (C=O) groups excluding carboxylic acids is 1. The normalized spacial score (nSPS) is 18.1. The predicted molar refractivity (Wildman–Crippen MR) is 91.3 cm³/mol. The molecular formula is C19H28N2O2. The van der Waals surface area contributed by atoms with Gasteiger partial charge in [0, 0.05) is 24.6 Å². The molecule has 0 unspecified atom stereocenters. The van der Waals surface area contributed by atoms with Gasteiger partial charge in [-0.2, -0.15) is 0 Å². The number of benzene rings is 1. The molecule has 1 aliphatic carbocycles. The summed E-state index contributed by atoms with van der Waals surface area (Å²) in [6.45, 7) is 9.43. The minimum absolute atomic E-state index is 0.260. The first-order valence-electron chi connectivity index (χ1n) is 8.97. The number of fused-ring (bicyclic) bond motifs is 1. The number of hydrogen-bond acceptors (Lipinski definition) is 3. The van der Waals surface area contributed by atoms with Crippen molar-refractivity contribution in [1.82, 2.24) is 9.80 Å². The lowest BCUT2D eigenvalue weighted by Crippen LogP contribution is -2.39. The Morgan fingerprint density at radius 3 is 2.74 bits per heavy atom. The average Bonchev–Trinajstić information content (AvgIpc) is 2.72. The van der Waals surface area contributed by atoms with E-state index in [4.69, 9.17) is 4.74 Å². The van der Waals surface area contributed by atoms with Crippen molar-refractivity contribution in [1.29, 1.82) is 0 Å². The van der Waals surface area contributed by atoms with Crippen LogP contribution in [0.25, 0.3) is 0 Å². The van der Waals surface area contributed by atoms with E-state index in [0.29, 0.717) is 25.6 Å². The summed E-state index contributed by atoms with van der Waals surface area (Å²) < 4.78 is 5.87. The number of rotatable bonds is 5. The van der Waals surface area contributed by atoms with Crippen LogP contribution in [0.3, 0.4) is 0 Å². The molecule has 4 nitrogen and oxygen atoms in total. The molecule has 0 saturated heterocycles. The molecule has 0 bridgehead atoms. The summed E-state index contributed by atoms with van der Waals surface area (Å²) in [6, 6.07) is 6.45. The van der Waals surface area contributed by atoms with Crippen molar-refractivity contribution >= 4 is 5.91 Å². The largest absolute Gasteiger partial charge is 0.491 e. The van der Waals surface area contributed by atoms with Gasteiger partial charge in [0.25, 0.3) is 0 Å². The fraction of sp³-hybridized carbons (Fsp3) is 0.632. The summed E-state index contributed by atoms with van der Waals surface area (Å²) in [4.78, 5) is 17.0. The molecule has 0 N–H and O–H groups in total. The van der Waals surface area contributed by atoms with Crippen molar-refractivity contribution < 1.29 is 9.53 Å². The van der Waals surface area contributed by atoms with E-state index in [1.54, 1.807) is 0 Å². The molecule has 1 aliphatic heterocycles. The lowest BCUT2D eigenvalue weighted by Gasteiger charge is -2.30. The highest BCUT2D eigenvalue weighted by Crippen LogP contribution is 2.31. The van der Waals surface area contributed by atoms with Crippen molar-refractivity contribution in [2.75, 3.05) is 26.2 Å². The van der Waals surface area contributed by atoms with Gasteiger partial charge < -0.3 is 9.64 Å². The molecule has 1 aromatic carbocycles. The van der Waals surface area contributed by atoms with E-state index in [1.807, 2.05) is 4.90 Å². The van der Waals surface area contributed by atoms with E-state index in [1.165, 1.54) is 12.0 Å². The maximum atomic E-state index is 12.6. The third-order valence-corrected chi connectivity index (χ3v) is 5.17. The maximum Gasteiger partial charge on any atom is 0.226 e. The molecule has 1 saturated carbocycles. The standard InChI is InChI=1S/C19H28N2O2/c1-3-20(4-2)13-15-8-9-18-17(12-15)14-21(10-11-23-18)19(22)16-6-5-7-16/h8-9,12,16H,3-7,10-11,13-14H2,1-2H3. The van der Waals surface area contributed by atoms with Crippen LogP contribution in [0.2, 0.25) is 0 Å². The Labute approximate surface area is 139 Å². The number of hydrogen-bond donors (Lipinski definition) is 0. The molecule has 1 amide bonds. The first-order chi connectivity index (χ1) is 11.2. The fourth-order valence-electron chi connectivity index (χ4n) is 3.35. The van der Waals surface area contributed by atoms with E-state index < -0.39 is 0 Å². The smallest absolute Gasteiger partial charge is 0.226 e. The monoisotopic (exact) mass is 316 g/mol. The van der Waals surface area contributed by atoms with Crippen molar-refractivity contribution in [3.63, 3.8) is 0 Å². The number of nitrogens with zero attached hydrogens (tertiary/aromatic N) is 2. The topological polar surface area (TPSA) is 32.8 Å². The van der Waals surface area contributed by atoms with Crippen LogP contribution >= 0.6 is 0 Å². The Balaban J connectivity index is 1.74. The summed E-state index contributed by atoms with van der Waals surface area (Å²) >= 11 is 0. The van der Waals surface area contributed by atoms with Gasteiger partial charge in [-0.05, 0) is 43.6 Å². The van der Waals surface area contributed by atoms with Crippen LogP contribution in [0.1, 0.15) is 44.2 Å². The Morgan fingerprint density at radius 2 is 2.09 bits per heavy atom. The Bertz CT molecular complexity index is 550. The van der Waals surface area contributed by atoms with Crippen LogP contribution in [0, 0.1) is 5.92 Å². The van der Waals surface area contributed by atoms with Gasteiger partial charge in [0.05, 0.1) is 6.54 Å². The van der Waals surface area contributed by atoms with Crippen molar-refractivity contribution in [3.05, 3.63) is 29.3 Å². The number of amides is 1. The highest BCUT2D eigenvalue weighted by Gasteiger charge is 2.30. The highest BCUT2D eigenvalue weighted by atomic mass is 16.5. The van der Waals surface area contributed by atoms with Crippen LogP contribution < -0.4 is 4.74 Å². The van der Waals surface area contributed by atoms with Crippen LogP contribution in [-0.4, -0.2) is 41.9 Å². The fourth-order valence-corrected chi connectivity index (χ4v) is 3.35. The molecule has 23 heavy (non-hydrogen) atoms. The zero-order valence-electron chi connectivity index (χ0n) is 14.4. The molecule has 2 aliphatic rings. The molecule has 3 rings (SSSR count). The zero-order valence-corrected chi connectivity index (χ0v) is 14.4. The van der Waals surface area contributed by atoms with E-state index in [-0.39, 0.29) is 5.92 Å². The second-order valence-electron chi connectivity index (χ2n) is 6.64. The minimum Gasteiger partial charge on any atom is -0.491 e. The van der Waals surface area contributed by atoms with E-state index in [0.717, 1.165) is 43.8 Å². The second-order valence-corrected chi connectivity index (χ2v) is 6.64. The zero-order chi connectivity index (χ0) is 16.2. The van der Waals surface area contributed by atoms with Gasteiger partial charge in [-0.1, -0.05) is 26.3 Å². The SMILES string of the molecule is CCN(CC)Cc1ccc2c(c1)CN(C(=O)C1CCC1)CCO2. The van der Waals surface area contributed by atoms with Gasteiger partial charge in [0.1, 0.15) is 12.4 Å². The molecule has 0 aromatic heterocycles. The summed E-state index contributed by atoms with van der Waals surface area (Å²) in [6.07, 6.45) is 3.32. The Kier molecular flexibility index (Phi) is 5.21. The summed E-state index contributed by atoms with van der Waals surface area (Å²) in [5.74, 6) is 1.52. The first-order valence-corrected chi connectivity index (χ1v) is 8.97. The second kappa shape index (κ2) is 7.35. The molecule has 4 heteroatoms. The van der Waals surface area contributed by atoms with E-state index in [2.05, 4.69) is 36.9 Å². The molecule has 126 valence electrons. The molecule has 1 heterocycles.